The highest BCUT2D eigenvalue weighted by atomic mass is 127. The number of imidazole rings is 1. The van der Waals surface area contributed by atoms with Gasteiger partial charge < -0.3 is 5.11 Å². The average Bonchev–Trinajstić information content (AvgIpc) is 3.32. The summed E-state index contributed by atoms with van der Waals surface area (Å²) < 4.78 is 3.84. The standard InChI is InChI=1S/C24H18IN5O3/c1-13-16(11-17-22(31)28-30(24(17)33)15-9-7-14(25)8-10-15)23(32)29-20-6-4-3-5-19(20)27-21(29)18(13)12-26-2/h3-12,33H,1-2H3,(H,28,31). The zero-order valence-corrected chi connectivity index (χ0v) is 19.9. The molecule has 0 unspecified atom stereocenters. The van der Waals surface area contributed by atoms with Crippen molar-refractivity contribution in [1.29, 1.82) is 0 Å². The van der Waals surface area contributed by atoms with E-state index in [0.29, 0.717) is 33.5 Å². The smallest absolute Gasteiger partial charge is 0.275 e. The number of benzene rings is 2. The Morgan fingerprint density at radius 3 is 2.55 bits per heavy atom. The molecule has 0 aliphatic carbocycles. The number of aromatic amines is 1. The molecule has 3 aromatic heterocycles. The van der Waals surface area contributed by atoms with Gasteiger partial charge in [-0.1, -0.05) is 12.1 Å². The highest BCUT2D eigenvalue weighted by Crippen LogP contribution is 2.21. The highest BCUT2D eigenvalue weighted by molar-refractivity contribution is 14.1. The summed E-state index contributed by atoms with van der Waals surface area (Å²) in [6, 6.07) is 14.7. The zero-order chi connectivity index (χ0) is 23.3. The summed E-state index contributed by atoms with van der Waals surface area (Å²) in [7, 11) is 1.64. The monoisotopic (exact) mass is 551 g/mol. The molecule has 0 radical (unpaired) electrons. The van der Waals surface area contributed by atoms with Crippen molar-refractivity contribution in [3.63, 3.8) is 0 Å². The lowest BCUT2D eigenvalue weighted by molar-refractivity contribution is 0.432. The molecule has 5 aromatic rings. The number of rotatable bonds is 3. The average molecular weight is 551 g/mol. The number of para-hydroxylation sites is 2. The zero-order valence-electron chi connectivity index (χ0n) is 17.7. The summed E-state index contributed by atoms with van der Waals surface area (Å²) in [5, 5.41) is 13.8. The Bertz CT molecular complexity index is 1740. The van der Waals surface area contributed by atoms with E-state index in [1.165, 1.54) is 15.2 Å². The van der Waals surface area contributed by atoms with Crippen LogP contribution in [-0.2, 0) is 0 Å². The molecular formula is C24H18IN5O3. The second-order valence-corrected chi connectivity index (χ2v) is 8.78. The fourth-order valence-electron chi connectivity index (χ4n) is 3.95. The van der Waals surface area contributed by atoms with Gasteiger partial charge in [-0.3, -0.25) is 24.1 Å². The molecule has 3 heterocycles. The minimum atomic E-state index is -0.508. The van der Waals surface area contributed by atoms with Gasteiger partial charge in [-0.2, -0.15) is 0 Å². The number of nitrogens with zero attached hydrogens (tertiary/aromatic N) is 4. The van der Waals surface area contributed by atoms with E-state index in [2.05, 4.69) is 37.7 Å². The van der Waals surface area contributed by atoms with Gasteiger partial charge >= 0.3 is 0 Å². The Hall–Kier alpha value is -3.73. The van der Waals surface area contributed by atoms with E-state index in [0.717, 1.165) is 3.57 Å². The fraction of sp³-hybridized carbons (Fsp3) is 0.0833. The Morgan fingerprint density at radius 1 is 1.09 bits per heavy atom. The maximum atomic E-state index is 13.6. The molecule has 2 N–H and O–H groups in total. The van der Waals surface area contributed by atoms with Crippen LogP contribution in [0.5, 0.6) is 5.88 Å². The minimum Gasteiger partial charge on any atom is -0.493 e. The first-order chi connectivity index (χ1) is 15.9. The fourth-order valence-corrected chi connectivity index (χ4v) is 4.31. The molecule has 0 saturated heterocycles. The Kier molecular flexibility index (Phi) is 5.12. The van der Waals surface area contributed by atoms with Gasteiger partial charge in [0.2, 0.25) is 5.88 Å². The quantitative estimate of drug-likeness (QED) is 0.266. The molecule has 164 valence electrons. The van der Waals surface area contributed by atoms with Gasteiger partial charge in [-0.05, 0) is 77.6 Å². The molecule has 9 heteroatoms. The molecule has 2 aromatic carbocycles. The number of hydrogen-bond donors (Lipinski definition) is 2. The summed E-state index contributed by atoms with van der Waals surface area (Å²) in [6.07, 6.45) is 3.07. The predicted octanol–water partition coefficient (Wildman–Crippen LogP) is 2.54. The van der Waals surface area contributed by atoms with Crippen LogP contribution in [0.25, 0.3) is 28.4 Å². The molecule has 0 saturated carbocycles. The number of aliphatic imine (C=N–C) groups is 1. The van der Waals surface area contributed by atoms with Crippen LogP contribution in [0, 0.1) is 10.5 Å². The molecule has 33 heavy (non-hydrogen) atoms. The summed E-state index contributed by atoms with van der Waals surface area (Å²) >= 11 is 2.18. The van der Waals surface area contributed by atoms with E-state index in [4.69, 9.17) is 0 Å². The van der Waals surface area contributed by atoms with Crippen molar-refractivity contribution in [1.82, 2.24) is 19.2 Å². The van der Waals surface area contributed by atoms with Crippen LogP contribution in [0.4, 0.5) is 0 Å². The number of halogens is 1. The predicted molar refractivity (Wildman–Crippen MR) is 137 cm³/mol. The molecule has 8 nitrogen and oxygen atoms in total. The lowest BCUT2D eigenvalue weighted by atomic mass is 10.1. The van der Waals surface area contributed by atoms with Gasteiger partial charge in [0.15, 0.2) is 0 Å². The van der Waals surface area contributed by atoms with Crippen molar-refractivity contribution in [3.05, 3.63) is 94.7 Å². The second kappa shape index (κ2) is 8.00. The van der Waals surface area contributed by atoms with Crippen LogP contribution in [-0.4, -0.2) is 37.5 Å². The number of H-pyrrole nitrogens is 1. The van der Waals surface area contributed by atoms with Gasteiger partial charge in [0.05, 0.1) is 16.7 Å². The molecule has 0 bridgehead atoms. The molecule has 0 spiro atoms. The van der Waals surface area contributed by atoms with Crippen LogP contribution in [0.1, 0.15) is 16.7 Å². The molecular weight excluding hydrogens is 533 g/mol. The SMILES string of the molecule is CN=Cc1c(C)c(=Cc2c(O)n(-c3ccc(I)cc3)[nH]c2=O)c(=O)n2c1nc1ccccc12. The molecule has 0 amide bonds. The summed E-state index contributed by atoms with van der Waals surface area (Å²) in [4.78, 5) is 35.1. The first-order valence-electron chi connectivity index (χ1n) is 10.1. The van der Waals surface area contributed by atoms with Crippen LogP contribution in [0.2, 0.25) is 0 Å². The maximum absolute atomic E-state index is 13.6. The van der Waals surface area contributed by atoms with Crippen LogP contribution < -0.4 is 16.3 Å². The van der Waals surface area contributed by atoms with E-state index in [1.807, 2.05) is 36.4 Å². The van der Waals surface area contributed by atoms with Crippen molar-refractivity contribution in [3.8, 4) is 11.6 Å². The Labute approximate surface area is 200 Å². The number of nitrogens with one attached hydrogen (secondary N) is 1. The van der Waals surface area contributed by atoms with Crippen molar-refractivity contribution >= 4 is 51.6 Å². The van der Waals surface area contributed by atoms with Crippen molar-refractivity contribution in [2.24, 2.45) is 4.99 Å². The van der Waals surface area contributed by atoms with Gasteiger partial charge in [0.1, 0.15) is 11.2 Å². The van der Waals surface area contributed by atoms with E-state index in [-0.39, 0.29) is 22.2 Å². The topological polar surface area (TPSA) is 105 Å². The number of aromatic hydroxyl groups is 1. The first kappa shape index (κ1) is 21.1. The molecule has 0 aliphatic rings. The number of aromatic nitrogens is 4. The summed E-state index contributed by atoms with van der Waals surface area (Å²) in [5.74, 6) is -0.277. The first-order valence-corrected chi connectivity index (χ1v) is 11.2. The van der Waals surface area contributed by atoms with E-state index in [1.54, 1.807) is 32.3 Å². The number of fused-ring (bicyclic) bond motifs is 3. The van der Waals surface area contributed by atoms with Crippen LogP contribution in [0.3, 0.4) is 0 Å². The second-order valence-electron chi connectivity index (χ2n) is 7.54. The van der Waals surface area contributed by atoms with Crippen molar-refractivity contribution in [2.75, 3.05) is 7.05 Å². The maximum Gasteiger partial charge on any atom is 0.275 e. The number of hydrogen-bond acceptors (Lipinski definition) is 5. The van der Waals surface area contributed by atoms with Crippen molar-refractivity contribution in [2.45, 2.75) is 6.92 Å². The van der Waals surface area contributed by atoms with Crippen LogP contribution >= 0.6 is 22.6 Å². The normalized spacial score (nSPS) is 12.5. The minimum absolute atomic E-state index is 0.00286. The third-order valence-corrected chi connectivity index (χ3v) is 6.30. The van der Waals surface area contributed by atoms with Gasteiger partial charge in [0.25, 0.3) is 11.1 Å². The largest absolute Gasteiger partial charge is 0.493 e. The summed E-state index contributed by atoms with van der Waals surface area (Å²) in [5.41, 5.74) is 2.89. The third-order valence-electron chi connectivity index (χ3n) is 5.59. The van der Waals surface area contributed by atoms with Gasteiger partial charge in [-0.25, -0.2) is 9.67 Å². The van der Waals surface area contributed by atoms with E-state index >= 15 is 0 Å². The Balaban J connectivity index is 1.85. The molecule has 5 rings (SSSR count). The van der Waals surface area contributed by atoms with Crippen molar-refractivity contribution < 1.29 is 5.11 Å². The number of pyridine rings is 1. The lowest BCUT2D eigenvalue weighted by Crippen LogP contribution is -2.35. The molecule has 0 fully saturated rings. The highest BCUT2D eigenvalue weighted by Gasteiger charge is 2.18. The van der Waals surface area contributed by atoms with E-state index in [9.17, 15) is 14.7 Å². The van der Waals surface area contributed by atoms with Gasteiger partial charge in [0, 0.05) is 27.6 Å². The lowest BCUT2D eigenvalue weighted by Gasteiger charge is -2.05. The summed E-state index contributed by atoms with van der Waals surface area (Å²) in [6.45, 7) is 1.78. The van der Waals surface area contributed by atoms with E-state index < -0.39 is 5.56 Å². The Morgan fingerprint density at radius 2 is 1.82 bits per heavy atom. The molecule has 0 atom stereocenters. The molecule has 0 aliphatic heterocycles. The van der Waals surface area contributed by atoms with Gasteiger partial charge in [-0.15, -0.1) is 0 Å². The van der Waals surface area contributed by atoms with Crippen LogP contribution in [0.15, 0.2) is 63.1 Å². The third kappa shape index (κ3) is 3.35.